The van der Waals surface area contributed by atoms with E-state index in [1.807, 2.05) is 38.1 Å². The third-order valence-corrected chi connectivity index (χ3v) is 7.10. The minimum Gasteiger partial charge on any atom is -0.493 e. The Kier molecular flexibility index (Phi) is 6.60. The summed E-state index contributed by atoms with van der Waals surface area (Å²) in [6.07, 6.45) is 0.426. The lowest BCUT2D eigenvalue weighted by Gasteiger charge is -2.38. The molecule has 0 bridgehead atoms. The largest absolute Gasteiger partial charge is 0.493 e. The van der Waals surface area contributed by atoms with Crippen molar-refractivity contribution in [2.45, 2.75) is 77.0 Å². The predicted molar refractivity (Wildman–Crippen MR) is 127 cm³/mol. The minimum atomic E-state index is -2.63. The Bertz CT molecular complexity index is 1040. The molecule has 5 nitrogen and oxygen atoms in total. The van der Waals surface area contributed by atoms with Crippen LogP contribution in [0.25, 0.3) is 0 Å². The predicted octanol–water partition coefficient (Wildman–Crippen LogP) is 5.60. The molecule has 34 heavy (non-hydrogen) atoms. The molecule has 1 N–H and O–H groups in total. The standard InChI is InChI=1S/C27H33F2NO4/c1-17(2)34-24-14-19-16-30(25(31)15-18(19)13-23(24)33-4)22-7-5-20(6-8-22)26(3,32)21-9-11-27(28,29)12-10-21/h5-8,13-14,17,21,32H,9-12,15-16H2,1-4H3. The van der Waals surface area contributed by atoms with Crippen LogP contribution in [0, 0.1) is 5.92 Å². The molecule has 1 atom stereocenters. The number of benzene rings is 2. The van der Waals surface area contributed by atoms with Crippen LogP contribution >= 0.6 is 0 Å². The number of methoxy groups -OCH3 is 1. The molecule has 1 unspecified atom stereocenters. The third kappa shape index (κ3) is 4.90. The molecule has 2 aromatic carbocycles. The molecule has 0 aromatic heterocycles. The number of amides is 1. The maximum atomic E-state index is 13.6. The van der Waals surface area contributed by atoms with Crippen LogP contribution in [0.3, 0.4) is 0 Å². The number of ether oxygens (including phenoxy) is 2. The molecule has 1 aliphatic carbocycles. The highest BCUT2D eigenvalue weighted by Crippen LogP contribution is 2.44. The van der Waals surface area contributed by atoms with Gasteiger partial charge in [0.1, 0.15) is 0 Å². The summed E-state index contributed by atoms with van der Waals surface area (Å²) in [5, 5.41) is 11.2. The quantitative estimate of drug-likeness (QED) is 0.593. The lowest BCUT2D eigenvalue weighted by molar-refractivity contribution is -0.118. The zero-order valence-corrected chi connectivity index (χ0v) is 20.2. The molecule has 7 heteroatoms. The van der Waals surface area contributed by atoms with Gasteiger partial charge >= 0.3 is 0 Å². The van der Waals surface area contributed by atoms with Crippen molar-refractivity contribution in [2.24, 2.45) is 5.92 Å². The molecule has 2 aromatic rings. The Balaban J connectivity index is 1.54. The number of hydrogen-bond acceptors (Lipinski definition) is 4. The van der Waals surface area contributed by atoms with Gasteiger partial charge in [-0.25, -0.2) is 8.78 Å². The number of anilines is 1. The number of fused-ring (bicyclic) bond motifs is 1. The molecule has 1 heterocycles. The number of nitrogens with zero attached hydrogens (tertiary/aromatic N) is 1. The van der Waals surface area contributed by atoms with Crippen LogP contribution in [-0.4, -0.2) is 30.2 Å². The summed E-state index contributed by atoms with van der Waals surface area (Å²) < 4.78 is 38.5. The summed E-state index contributed by atoms with van der Waals surface area (Å²) in [6.45, 7) is 6.00. The maximum absolute atomic E-state index is 13.6. The summed E-state index contributed by atoms with van der Waals surface area (Å²) in [5.74, 6) is -1.63. The smallest absolute Gasteiger partial charge is 0.248 e. The van der Waals surface area contributed by atoms with Crippen LogP contribution < -0.4 is 14.4 Å². The van der Waals surface area contributed by atoms with E-state index in [1.165, 1.54) is 0 Å². The molecular formula is C27H33F2NO4. The van der Waals surface area contributed by atoms with Crippen LogP contribution in [-0.2, 0) is 23.4 Å². The first-order chi connectivity index (χ1) is 16.0. The highest BCUT2D eigenvalue weighted by molar-refractivity contribution is 5.96. The van der Waals surface area contributed by atoms with Gasteiger partial charge in [0.25, 0.3) is 0 Å². The highest BCUT2D eigenvalue weighted by atomic mass is 19.3. The number of alkyl halides is 2. The van der Waals surface area contributed by atoms with Gasteiger partial charge < -0.3 is 19.5 Å². The van der Waals surface area contributed by atoms with E-state index in [4.69, 9.17) is 9.47 Å². The Hall–Kier alpha value is -2.67. The second kappa shape index (κ2) is 9.17. The van der Waals surface area contributed by atoms with E-state index in [9.17, 15) is 18.7 Å². The fourth-order valence-corrected chi connectivity index (χ4v) is 5.03. The van der Waals surface area contributed by atoms with E-state index in [-0.39, 0.29) is 50.0 Å². The van der Waals surface area contributed by atoms with Gasteiger partial charge in [0.05, 0.1) is 31.8 Å². The van der Waals surface area contributed by atoms with Gasteiger partial charge in [0, 0.05) is 18.5 Å². The minimum absolute atomic E-state index is 0.0102. The van der Waals surface area contributed by atoms with Crippen molar-refractivity contribution in [1.29, 1.82) is 0 Å². The number of halogens is 2. The first kappa shape index (κ1) is 24.5. The Morgan fingerprint density at radius 1 is 1.09 bits per heavy atom. The molecule has 4 rings (SSSR count). The van der Waals surface area contributed by atoms with Gasteiger partial charge in [-0.1, -0.05) is 12.1 Å². The molecule has 1 fully saturated rings. The number of aliphatic hydroxyl groups is 1. The van der Waals surface area contributed by atoms with Crippen LogP contribution in [0.4, 0.5) is 14.5 Å². The van der Waals surface area contributed by atoms with E-state index in [0.717, 1.165) is 16.8 Å². The summed E-state index contributed by atoms with van der Waals surface area (Å²) in [6, 6.07) is 11.0. The monoisotopic (exact) mass is 473 g/mol. The first-order valence-electron chi connectivity index (χ1n) is 11.9. The van der Waals surface area contributed by atoms with E-state index < -0.39 is 11.5 Å². The zero-order chi connectivity index (χ0) is 24.7. The average molecular weight is 474 g/mol. The van der Waals surface area contributed by atoms with Crippen LogP contribution in [0.5, 0.6) is 11.5 Å². The first-order valence-corrected chi connectivity index (χ1v) is 11.9. The zero-order valence-electron chi connectivity index (χ0n) is 20.2. The highest BCUT2D eigenvalue weighted by Gasteiger charge is 2.42. The van der Waals surface area contributed by atoms with Crippen molar-refractivity contribution in [1.82, 2.24) is 0 Å². The van der Waals surface area contributed by atoms with Gasteiger partial charge in [-0.05, 0) is 80.5 Å². The van der Waals surface area contributed by atoms with E-state index in [2.05, 4.69) is 0 Å². The number of hydrogen-bond donors (Lipinski definition) is 1. The number of rotatable bonds is 6. The van der Waals surface area contributed by atoms with E-state index >= 15 is 0 Å². The second-order valence-electron chi connectivity index (χ2n) is 9.92. The van der Waals surface area contributed by atoms with Gasteiger partial charge in [-0.15, -0.1) is 0 Å². The maximum Gasteiger partial charge on any atom is 0.248 e. The Morgan fingerprint density at radius 3 is 2.29 bits per heavy atom. The van der Waals surface area contributed by atoms with Crippen molar-refractivity contribution in [3.05, 3.63) is 53.1 Å². The molecule has 0 saturated heterocycles. The van der Waals surface area contributed by atoms with Crippen molar-refractivity contribution in [2.75, 3.05) is 12.0 Å². The van der Waals surface area contributed by atoms with Crippen molar-refractivity contribution in [3.63, 3.8) is 0 Å². The lowest BCUT2D eigenvalue weighted by atomic mass is 9.73. The van der Waals surface area contributed by atoms with Gasteiger partial charge in [0.2, 0.25) is 11.8 Å². The molecule has 0 radical (unpaired) electrons. The fraction of sp³-hybridized carbons (Fsp3) is 0.519. The number of carbonyl (C=O) groups excluding carboxylic acids is 1. The third-order valence-electron chi connectivity index (χ3n) is 7.10. The summed E-state index contributed by atoms with van der Waals surface area (Å²) in [4.78, 5) is 14.7. The normalized spacial score (nSPS) is 20.1. The molecule has 1 aliphatic heterocycles. The van der Waals surface area contributed by atoms with Crippen LogP contribution in [0.15, 0.2) is 36.4 Å². The topological polar surface area (TPSA) is 59.0 Å². The molecule has 2 aliphatic rings. The summed E-state index contributed by atoms with van der Waals surface area (Å²) in [7, 11) is 1.58. The summed E-state index contributed by atoms with van der Waals surface area (Å²) in [5.41, 5.74) is 2.12. The van der Waals surface area contributed by atoms with Crippen molar-refractivity contribution >= 4 is 11.6 Å². The Labute approximate surface area is 199 Å². The molecule has 184 valence electrons. The number of carbonyl (C=O) groups is 1. The van der Waals surface area contributed by atoms with E-state index in [0.29, 0.717) is 23.6 Å². The molecule has 1 amide bonds. The van der Waals surface area contributed by atoms with Crippen molar-refractivity contribution < 1.29 is 28.2 Å². The fourth-order valence-electron chi connectivity index (χ4n) is 5.03. The lowest BCUT2D eigenvalue weighted by Crippen LogP contribution is -2.38. The second-order valence-corrected chi connectivity index (χ2v) is 9.92. The SMILES string of the molecule is COc1cc2c(cc1OC(C)C)CN(c1ccc(C(C)(O)C3CCC(F)(F)CC3)cc1)C(=O)C2. The molecule has 1 saturated carbocycles. The summed E-state index contributed by atoms with van der Waals surface area (Å²) >= 11 is 0. The average Bonchev–Trinajstić information content (AvgIpc) is 2.78. The van der Waals surface area contributed by atoms with Crippen LogP contribution in [0.2, 0.25) is 0 Å². The Morgan fingerprint density at radius 2 is 1.71 bits per heavy atom. The van der Waals surface area contributed by atoms with Gasteiger partial charge in [0.15, 0.2) is 11.5 Å². The molecular weight excluding hydrogens is 440 g/mol. The van der Waals surface area contributed by atoms with Gasteiger partial charge in [-0.3, -0.25) is 4.79 Å². The van der Waals surface area contributed by atoms with E-state index in [1.54, 1.807) is 31.1 Å². The molecule has 0 spiro atoms. The van der Waals surface area contributed by atoms with Crippen LogP contribution in [0.1, 0.15) is 63.1 Å². The van der Waals surface area contributed by atoms with Crippen molar-refractivity contribution in [3.8, 4) is 11.5 Å². The van der Waals surface area contributed by atoms with Gasteiger partial charge in [-0.2, -0.15) is 0 Å².